The molecule has 1 aliphatic rings. The number of thioether (sulfide) groups is 1. The van der Waals surface area contributed by atoms with Crippen molar-refractivity contribution < 1.29 is 12.8 Å². The summed E-state index contributed by atoms with van der Waals surface area (Å²) in [7, 11) is -1.38. The monoisotopic (exact) mass is 402 g/mol. The fourth-order valence-corrected chi connectivity index (χ4v) is 5.08. The molecule has 1 heterocycles. The van der Waals surface area contributed by atoms with E-state index in [0.29, 0.717) is 32.1 Å². The lowest BCUT2D eigenvalue weighted by molar-refractivity contribution is 0.443. The number of aliphatic imine (C=N–C) groups is 1. The summed E-state index contributed by atoms with van der Waals surface area (Å²) in [6.07, 6.45) is 0. The van der Waals surface area contributed by atoms with Crippen LogP contribution in [0.15, 0.2) is 29.3 Å². The van der Waals surface area contributed by atoms with E-state index in [1.807, 2.05) is 18.9 Å². The number of nitrogens with zero attached hydrogens (tertiary/aromatic N) is 3. The van der Waals surface area contributed by atoms with Gasteiger partial charge in [-0.3, -0.25) is 4.99 Å². The van der Waals surface area contributed by atoms with Gasteiger partial charge in [0.1, 0.15) is 5.82 Å². The summed E-state index contributed by atoms with van der Waals surface area (Å²) in [5.74, 6) is 2.09. The maximum Gasteiger partial charge on any atom is 0.215 e. The van der Waals surface area contributed by atoms with Gasteiger partial charge < -0.3 is 10.2 Å². The van der Waals surface area contributed by atoms with E-state index >= 15 is 0 Å². The first-order valence-electron chi connectivity index (χ1n) is 8.72. The molecule has 26 heavy (non-hydrogen) atoms. The van der Waals surface area contributed by atoms with Gasteiger partial charge in [-0.2, -0.15) is 11.8 Å². The number of hydrogen-bond donors (Lipinski definition) is 1. The van der Waals surface area contributed by atoms with Gasteiger partial charge in [-0.1, -0.05) is 12.1 Å². The van der Waals surface area contributed by atoms with Crippen LogP contribution in [0.25, 0.3) is 0 Å². The van der Waals surface area contributed by atoms with Crippen LogP contribution in [0.4, 0.5) is 4.39 Å². The molecule has 1 saturated heterocycles. The average Bonchev–Trinajstić information content (AvgIpc) is 2.63. The first kappa shape index (κ1) is 21.0. The third kappa shape index (κ3) is 6.44. The van der Waals surface area contributed by atoms with E-state index in [4.69, 9.17) is 0 Å². The van der Waals surface area contributed by atoms with Gasteiger partial charge >= 0.3 is 0 Å². The molecule has 0 aliphatic carbocycles. The highest BCUT2D eigenvalue weighted by molar-refractivity contribution is 7.99. The number of guanidine groups is 1. The summed E-state index contributed by atoms with van der Waals surface area (Å²) in [4.78, 5) is 6.36. The van der Waals surface area contributed by atoms with Crippen molar-refractivity contribution in [2.75, 3.05) is 50.5 Å². The van der Waals surface area contributed by atoms with Gasteiger partial charge in [-0.25, -0.2) is 17.1 Å². The van der Waals surface area contributed by atoms with E-state index in [-0.39, 0.29) is 18.1 Å². The van der Waals surface area contributed by atoms with Gasteiger partial charge in [-0.15, -0.1) is 0 Å². The van der Waals surface area contributed by atoms with Crippen LogP contribution in [-0.4, -0.2) is 74.1 Å². The summed E-state index contributed by atoms with van der Waals surface area (Å²) in [6.45, 7) is 4.58. The van der Waals surface area contributed by atoms with E-state index in [2.05, 4.69) is 10.3 Å². The highest BCUT2D eigenvalue weighted by Gasteiger charge is 2.23. The van der Waals surface area contributed by atoms with Gasteiger partial charge in [0.2, 0.25) is 10.0 Å². The summed E-state index contributed by atoms with van der Waals surface area (Å²) in [5.41, 5.74) is 0.956. The number of benzene rings is 1. The fourth-order valence-electron chi connectivity index (χ4n) is 2.63. The van der Waals surface area contributed by atoms with Crippen LogP contribution in [0.2, 0.25) is 0 Å². The Morgan fingerprint density at radius 3 is 2.58 bits per heavy atom. The predicted octanol–water partition coefficient (Wildman–Crippen LogP) is 1.60. The van der Waals surface area contributed by atoms with Crippen molar-refractivity contribution in [1.82, 2.24) is 14.5 Å². The Morgan fingerprint density at radius 2 is 1.96 bits per heavy atom. The maximum atomic E-state index is 13.0. The summed E-state index contributed by atoms with van der Waals surface area (Å²) < 4.78 is 39.4. The average molecular weight is 403 g/mol. The third-order valence-corrected chi connectivity index (χ3v) is 6.80. The van der Waals surface area contributed by atoms with Crippen molar-refractivity contribution in [2.24, 2.45) is 4.99 Å². The molecule has 1 N–H and O–H groups in total. The van der Waals surface area contributed by atoms with Crippen LogP contribution in [0, 0.1) is 5.82 Å². The normalized spacial score (nSPS) is 16.5. The molecule has 1 fully saturated rings. The minimum atomic E-state index is -3.26. The summed E-state index contributed by atoms with van der Waals surface area (Å²) in [6, 6.07) is 6.32. The predicted molar refractivity (Wildman–Crippen MR) is 107 cm³/mol. The molecule has 0 bridgehead atoms. The molecule has 146 valence electrons. The van der Waals surface area contributed by atoms with Gasteiger partial charge in [0.05, 0.1) is 12.3 Å². The molecule has 1 aliphatic heterocycles. The third-order valence-electron chi connectivity index (χ3n) is 4.00. The highest BCUT2D eigenvalue weighted by Crippen LogP contribution is 2.13. The van der Waals surface area contributed by atoms with Crippen LogP contribution in [0.5, 0.6) is 0 Å². The Labute approximate surface area is 159 Å². The first-order valence-corrected chi connectivity index (χ1v) is 11.5. The molecule has 1 aromatic rings. The van der Waals surface area contributed by atoms with E-state index < -0.39 is 10.0 Å². The lowest BCUT2D eigenvalue weighted by Gasteiger charge is -2.25. The standard InChI is InChI=1S/C17H27FN4O2S2/c1-3-19-17(21(2)14-15-4-6-16(18)7-5-15)20-8-13-26(23,24)22-9-11-25-12-10-22/h4-7H,3,8-14H2,1-2H3,(H,19,20). The van der Waals surface area contributed by atoms with Gasteiger partial charge in [0, 0.05) is 44.7 Å². The lowest BCUT2D eigenvalue weighted by Crippen LogP contribution is -2.41. The first-order chi connectivity index (χ1) is 12.4. The SMILES string of the molecule is CCNC(=NCCS(=O)(=O)N1CCSCC1)N(C)Cc1ccc(F)cc1. The number of rotatable bonds is 7. The number of halogens is 1. The van der Waals surface area contributed by atoms with Crippen molar-refractivity contribution in [3.8, 4) is 0 Å². The minimum Gasteiger partial charge on any atom is -0.357 e. The molecule has 6 nitrogen and oxygen atoms in total. The van der Waals surface area contributed by atoms with Crippen LogP contribution in [0.3, 0.4) is 0 Å². The van der Waals surface area contributed by atoms with E-state index in [9.17, 15) is 12.8 Å². The Hall–Kier alpha value is -1.32. The van der Waals surface area contributed by atoms with Gasteiger partial charge in [0.15, 0.2) is 5.96 Å². The van der Waals surface area contributed by atoms with Crippen molar-refractivity contribution in [2.45, 2.75) is 13.5 Å². The Balaban J connectivity index is 1.95. The molecule has 0 amide bonds. The number of nitrogens with one attached hydrogen (secondary N) is 1. The van der Waals surface area contributed by atoms with Gasteiger partial charge in [-0.05, 0) is 24.6 Å². The molecule has 0 aromatic heterocycles. The Kier molecular flexibility index (Phi) is 8.17. The summed E-state index contributed by atoms with van der Waals surface area (Å²) in [5, 5.41) is 3.17. The van der Waals surface area contributed by atoms with Crippen LogP contribution < -0.4 is 5.32 Å². The largest absolute Gasteiger partial charge is 0.357 e. The van der Waals surface area contributed by atoms with Crippen LogP contribution >= 0.6 is 11.8 Å². The second-order valence-corrected chi connectivity index (χ2v) is 9.36. The van der Waals surface area contributed by atoms with Crippen molar-refractivity contribution >= 4 is 27.7 Å². The zero-order valence-electron chi connectivity index (χ0n) is 15.3. The van der Waals surface area contributed by atoms with Crippen molar-refractivity contribution in [3.63, 3.8) is 0 Å². The number of sulfonamides is 1. The highest BCUT2D eigenvalue weighted by atomic mass is 32.2. The van der Waals surface area contributed by atoms with Crippen LogP contribution in [-0.2, 0) is 16.6 Å². The fraction of sp³-hybridized carbons (Fsp3) is 0.588. The maximum absolute atomic E-state index is 13.0. The molecular weight excluding hydrogens is 375 g/mol. The number of hydrogen-bond acceptors (Lipinski definition) is 4. The smallest absolute Gasteiger partial charge is 0.215 e. The van der Waals surface area contributed by atoms with Crippen molar-refractivity contribution in [3.05, 3.63) is 35.6 Å². The Bertz CT molecular complexity index is 689. The molecular formula is C17H27FN4O2S2. The molecule has 0 atom stereocenters. The van der Waals surface area contributed by atoms with E-state index in [1.54, 1.807) is 28.2 Å². The minimum absolute atomic E-state index is 0.0109. The molecule has 0 radical (unpaired) electrons. The molecule has 0 spiro atoms. The molecule has 2 rings (SSSR count). The second-order valence-electron chi connectivity index (χ2n) is 6.05. The Morgan fingerprint density at radius 1 is 1.31 bits per heavy atom. The molecule has 0 saturated carbocycles. The van der Waals surface area contributed by atoms with E-state index in [1.165, 1.54) is 12.1 Å². The van der Waals surface area contributed by atoms with Crippen molar-refractivity contribution in [1.29, 1.82) is 0 Å². The van der Waals surface area contributed by atoms with Gasteiger partial charge in [0.25, 0.3) is 0 Å². The van der Waals surface area contributed by atoms with Crippen LogP contribution in [0.1, 0.15) is 12.5 Å². The quantitative estimate of drug-likeness (QED) is 0.554. The molecule has 1 aromatic carbocycles. The zero-order valence-corrected chi connectivity index (χ0v) is 17.0. The lowest BCUT2D eigenvalue weighted by atomic mass is 10.2. The second kappa shape index (κ2) is 10.1. The molecule has 9 heteroatoms. The topological polar surface area (TPSA) is 65.0 Å². The zero-order chi connectivity index (χ0) is 19.0. The van der Waals surface area contributed by atoms with E-state index in [0.717, 1.165) is 17.1 Å². The summed E-state index contributed by atoms with van der Waals surface area (Å²) >= 11 is 1.78. The molecule has 0 unspecified atom stereocenters.